The van der Waals surface area contributed by atoms with Gasteiger partial charge in [-0.05, 0) is 39.4 Å². The first kappa shape index (κ1) is 15.9. The van der Waals surface area contributed by atoms with Crippen LogP contribution in [0.1, 0.15) is 25.7 Å². The molecule has 1 aliphatic heterocycles. The normalized spacial score (nSPS) is 16.4. The zero-order chi connectivity index (χ0) is 14.1. The molecule has 0 spiro atoms. The molecule has 1 heterocycles. The lowest BCUT2D eigenvalue weighted by Crippen LogP contribution is -2.45. The monoisotopic (exact) mass is 271 g/mol. The van der Waals surface area contributed by atoms with Crippen molar-refractivity contribution >= 4 is 11.9 Å². The van der Waals surface area contributed by atoms with Gasteiger partial charge < -0.3 is 15.4 Å². The van der Waals surface area contributed by atoms with Gasteiger partial charge in [-0.1, -0.05) is 0 Å². The molecule has 0 aromatic carbocycles. The number of likely N-dealkylation sites (N-methyl/N-ethyl adjacent to an activating group) is 1. The second-order valence-electron chi connectivity index (χ2n) is 4.93. The fourth-order valence-corrected chi connectivity index (χ4v) is 2.22. The summed E-state index contributed by atoms with van der Waals surface area (Å²) in [7, 11) is 3.36. The van der Waals surface area contributed by atoms with Crippen LogP contribution in [0.4, 0.5) is 0 Å². The van der Waals surface area contributed by atoms with Crippen LogP contribution in [-0.2, 0) is 14.3 Å². The summed E-state index contributed by atoms with van der Waals surface area (Å²) in [4.78, 5) is 24.7. The number of ether oxygens (including phenoxy) is 1. The highest BCUT2D eigenvalue weighted by Crippen LogP contribution is 2.08. The van der Waals surface area contributed by atoms with Crippen LogP contribution in [0.15, 0.2) is 0 Å². The number of hydrogen-bond acceptors (Lipinski definition) is 5. The van der Waals surface area contributed by atoms with E-state index >= 15 is 0 Å². The van der Waals surface area contributed by atoms with E-state index in [1.54, 1.807) is 0 Å². The molecule has 0 aromatic rings. The zero-order valence-electron chi connectivity index (χ0n) is 11.9. The molecule has 0 aromatic heterocycles. The lowest BCUT2D eigenvalue weighted by molar-refractivity contribution is -0.140. The summed E-state index contributed by atoms with van der Waals surface area (Å²) in [5, 5.41) is 6.14. The molecule has 110 valence electrons. The minimum Gasteiger partial charge on any atom is -0.469 e. The summed E-state index contributed by atoms with van der Waals surface area (Å²) in [6.45, 7) is 2.99. The molecule has 1 fully saturated rings. The maximum atomic E-state index is 11.7. The van der Waals surface area contributed by atoms with Gasteiger partial charge in [0.25, 0.3) is 0 Å². The van der Waals surface area contributed by atoms with E-state index in [1.165, 1.54) is 7.11 Å². The van der Waals surface area contributed by atoms with Gasteiger partial charge in [0.05, 0.1) is 13.7 Å². The third-order valence-corrected chi connectivity index (χ3v) is 3.43. The number of nitrogens with zero attached hydrogens (tertiary/aromatic N) is 1. The fourth-order valence-electron chi connectivity index (χ4n) is 2.22. The third kappa shape index (κ3) is 6.54. The highest BCUT2D eigenvalue weighted by atomic mass is 16.5. The van der Waals surface area contributed by atoms with Crippen molar-refractivity contribution in [1.29, 1.82) is 0 Å². The first-order valence-corrected chi connectivity index (χ1v) is 6.88. The third-order valence-electron chi connectivity index (χ3n) is 3.43. The van der Waals surface area contributed by atoms with Gasteiger partial charge in [0.2, 0.25) is 5.91 Å². The maximum Gasteiger partial charge on any atom is 0.305 e. The largest absolute Gasteiger partial charge is 0.469 e. The number of piperidine rings is 1. The van der Waals surface area contributed by atoms with E-state index in [-0.39, 0.29) is 11.9 Å². The standard InChI is InChI=1S/C13H25N3O3/c1-16(11-5-8-14-9-6-11)10-12(17)15-7-3-4-13(18)19-2/h11,14H,3-10H2,1-2H3,(H,15,17). The first-order valence-electron chi connectivity index (χ1n) is 6.88. The van der Waals surface area contributed by atoms with Crippen LogP contribution in [0.5, 0.6) is 0 Å². The average Bonchev–Trinajstić information content (AvgIpc) is 2.44. The number of methoxy groups -OCH3 is 1. The fraction of sp³-hybridized carbons (Fsp3) is 0.846. The van der Waals surface area contributed by atoms with Crippen LogP contribution in [-0.4, -0.2) is 63.2 Å². The van der Waals surface area contributed by atoms with Crippen molar-refractivity contribution in [3.8, 4) is 0 Å². The molecular formula is C13H25N3O3. The Kier molecular flexibility index (Phi) is 7.43. The molecule has 1 amide bonds. The number of nitrogens with one attached hydrogen (secondary N) is 2. The van der Waals surface area contributed by atoms with E-state index in [9.17, 15) is 9.59 Å². The van der Waals surface area contributed by atoms with Gasteiger partial charge in [0, 0.05) is 19.0 Å². The predicted octanol–water partition coefficient (Wildman–Crippen LogP) is -0.260. The molecule has 0 radical (unpaired) electrons. The van der Waals surface area contributed by atoms with Crippen molar-refractivity contribution in [2.75, 3.05) is 40.3 Å². The molecule has 19 heavy (non-hydrogen) atoms. The van der Waals surface area contributed by atoms with Crippen molar-refractivity contribution in [3.05, 3.63) is 0 Å². The number of rotatable bonds is 7. The second kappa shape index (κ2) is 8.87. The second-order valence-corrected chi connectivity index (χ2v) is 4.93. The SMILES string of the molecule is COC(=O)CCCNC(=O)CN(C)C1CCNCC1. The van der Waals surface area contributed by atoms with Gasteiger partial charge in [-0.2, -0.15) is 0 Å². The molecule has 1 saturated heterocycles. The number of amides is 1. The van der Waals surface area contributed by atoms with Crippen LogP contribution in [0, 0.1) is 0 Å². The minimum absolute atomic E-state index is 0.0194. The molecule has 0 aliphatic carbocycles. The predicted molar refractivity (Wildman–Crippen MR) is 72.8 cm³/mol. The van der Waals surface area contributed by atoms with Gasteiger partial charge in [-0.3, -0.25) is 14.5 Å². The van der Waals surface area contributed by atoms with Crippen molar-refractivity contribution in [2.24, 2.45) is 0 Å². The summed E-state index contributed by atoms with van der Waals surface area (Å²) >= 11 is 0. The molecule has 0 bridgehead atoms. The van der Waals surface area contributed by atoms with Gasteiger partial charge in [0.1, 0.15) is 0 Å². The Labute approximate surface area is 114 Å². The van der Waals surface area contributed by atoms with Crippen molar-refractivity contribution in [1.82, 2.24) is 15.5 Å². The summed E-state index contributed by atoms with van der Waals surface area (Å²) in [5.41, 5.74) is 0. The van der Waals surface area contributed by atoms with E-state index < -0.39 is 0 Å². The molecule has 1 aliphatic rings. The van der Waals surface area contributed by atoms with Crippen molar-refractivity contribution < 1.29 is 14.3 Å². The zero-order valence-corrected chi connectivity index (χ0v) is 11.9. The number of esters is 1. The Morgan fingerprint density at radius 1 is 1.37 bits per heavy atom. The Balaban J connectivity index is 2.10. The quantitative estimate of drug-likeness (QED) is 0.493. The van der Waals surface area contributed by atoms with E-state index in [0.29, 0.717) is 32.0 Å². The molecule has 6 heteroatoms. The average molecular weight is 271 g/mol. The van der Waals surface area contributed by atoms with Gasteiger partial charge >= 0.3 is 5.97 Å². The van der Waals surface area contributed by atoms with Crippen molar-refractivity contribution in [3.63, 3.8) is 0 Å². The maximum absolute atomic E-state index is 11.7. The number of carbonyl (C=O) groups is 2. The van der Waals surface area contributed by atoms with Crippen LogP contribution in [0.3, 0.4) is 0 Å². The first-order chi connectivity index (χ1) is 9.13. The van der Waals surface area contributed by atoms with E-state index in [4.69, 9.17) is 0 Å². The molecule has 0 saturated carbocycles. The van der Waals surface area contributed by atoms with E-state index in [0.717, 1.165) is 25.9 Å². The van der Waals surface area contributed by atoms with E-state index in [1.807, 2.05) is 7.05 Å². The van der Waals surface area contributed by atoms with Crippen LogP contribution < -0.4 is 10.6 Å². The molecule has 0 unspecified atom stereocenters. The smallest absolute Gasteiger partial charge is 0.305 e. The Morgan fingerprint density at radius 3 is 2.68 bits per heavy atom. The van der Waals surface area contributed by atoms with Crippen LogP contribution in [0.25, 0.3) is 0 Å². The summed E-state index contributed by atoms with van der Waals surface area (Å²) in [6.07, 6.45) is 3.15. The summed E-state index contributed by atoms with van der Waals surface area (Å²) < 4.78 is 4.54. The van der Waals surface area contributed by atoms with E-state index in [2.05, 4.69) is 20.3 Å². The van der Waals surface area contributed by atoms with Gasteiger partial charge in [-0.25, -0.2) is 0 Å². The van der Waals surface area contributed by atoms with Crippen LogP contribution >= 0.6 is 0 Å². The molecule has 2 N–H and O–H groups in total. The molecule has 0 atom stereocenters. The van der Waals surface area contributed by atoms with Gasteiger partial charge in [0.15, 0.2) is 0 Å². The molecule has 1 rings (SSSR count). The minimum atomic E-state index is -0.235. The molecular weight excluding hydrogens is 246 g/mol. The lowest BCUT2D eigenvalue weighted by atomic mass is 10.1. The summed E-state index contributed by atoms with van der Waals surface area (Å²) in [6, 6.07) is 0.488. The summed E-state index contributed by atoms with van der Waals surface area (Å²) in [5.74, 6) is -0.216. The lowest BCUT2D eigenvalue weighted by Gasteiger charge is -2.31. The Bertz CT molecular complexity index is 291. The highest BCUT2D eigenvalue weighted by Gasteiger charge is 2.19. The van der Waals surface area contributed by atoms with Gasteiger partial charge in [-0.15, -0.1) is 0 Å². The van der Waals surface area contributed by atoms with Crippen LogP contribution in [0.2, 0.25) is 0 Å². The van der Waals surface area contributed by atoms with Crippen molar-refractivity contribution in [2.45, 2.75) is 31.7 Å². The number of carbonyl (C=O) groups excluding carboxylic acids is 2. The highest BCUT2D eigenvalue weighted by molar-refractivity contribution is 5.78. The number of hydrogen-bond donors (Lipinski definition) is 2. The molecule has 6 nitrogen and oxygen atoms in total. The Morgan fingerprint density at radius 2 is 2.05 bits per heavy atom. The topological polar surface area (TPSA) is 70.7 Å². The Hall–Kier alpha value is -1.14.